The number of nitrogens with one attached hydrogen (secondary N) is 1. The molecular weight excluding hydrogens is 534 g/mol. The van der Waals surface area contributed by atoms with Crippen molar-refractivity contribution in [1.82, 2.24) is 35.4 Å². The fourth-order valence-corrected chi connectivity index (χ4v) is 3.01. The first-order chi connectivity index (χ1) is 17.6. The molecule has 0 aliphatic carbocycles. The highest BCUT2D eigenvalue weighted by Gasteiger charge is 2.38. The molecule has 0 atom stereocenters. The summed E-state index contributed by atoms with van der Waals surface area (Å²) in [5.41, 5.74) is 0.818. The van der Waals surface area contributed by atoms with Crippen LogP contribution < -0.4 is 5.32 Å². The number of morpholine rings is 1. The summed E-state index contributed by atoms with van der Waals surface area (Å²) in [7, 11) is 0. The lowest BCUT2D eigenvalue weighted by Gasteiger charge is -2.24. The number of carboxylic acids is 1. The maximum absolute atomic E-state index is 13.3. The van der Waals surface area contributed by atoms with Gasteiger partial charge in [-0.2, -0.15) is 18.0 Å². The summed E-state index contributed by atoms with van der Waals surface area (Å²) >= 11 is 5.78. The number of hydrogen-bond donors (Lipinski definition) is 3. The number of ether oxygens (including phenoxy) is 1. The average Bonchev–Trinajstić information content (AvgIpc) is 3.50. The van der Waals surface area contributed by atoms with Crippen molar-refractivity contribution in [2.45, 2.75) is 19.3 Å². The van der Waals surface area contributed by atoms with Gasteiger partial charge in [-0.05, 0) is 28.6 Å². The van der Waals surface area contributed by atoms with Crippen molar-refractivity contribution in [3.8, 4) is 0 Å². The number of rotatable bonds is 6. The Morgan fingerprint density at radius 3 is 2.54 bits per heavy atom. The maximum Gasteiger partial charge on any atom is 0.490 e. The van der Waals surface area contributed by atoms with Crippen LogP contribution >= 0.6 is 11.6 Å². The van der Waals surface area contributed by atoms with E-state index < -0.39 is 18.0 Å². The molecule has 1 saturated heterocycles. The minimum atomic E-state index is -5.08. The topological polar surface area (TPSA) is 177 Å². The fraction of sp³-hybridized carbons (Fsp3) is 0.389. The Balaban J connectivity index is 0.000000479. The van der Waals surface area contributed by atoms with Crippen LogP contribution in [0.25, 0.3) is 0 Å². The van der Waals surface area contributed by atoms with Crippen LogP contribution in [0, 0.1) is 5.82 Å². The van der Waals surface area contributed by atoms with Crippen LogP contribution in [0.15, 0.2) is 28.0 Å². The largest absolute Gasteiger partial charge is 0.490 e. The van der Waals surface area contributed by atoms with Gasteiger partial charge in [-0.25, -0.2) is 13.8 Å². The quantitative estimate of drug-likeness (QED) is 0.133. The van der Waals surface area contributed by atoms with Gasteiger partial charge in [0.2, 0.25) is 5.84 Å². The van der Waals surface area contributed by atoms with Crippen molar-refractivity contribution in [1.29, 1.82) is 0 Å². The summed E-state index contributed by atoms with van der Waals surface area (Å²) in [6, 6.07) is 3.94. The van der Waals surface area contributed by atoms with E-state index in [0.29, 0.717) is 37.0 Å². The summed E-state index contributed by atoms with van der Waals surface area (Å²) in [4.78, 5) is 12.4. The Hall–Kier alpha value is -3.90. The fourth-order valence-electron chi connectivity index (χ4n) is 2.83. The van der Waals surface area contributed by atoms with Gasteiger partial charge in [-0.3, -0.25) is 4.90 Å². The molecule has 2 aromatic heterocycles. The Morgan fingerprint density at radius 1 is 1.22 bits per heavy atom. The van der Waals surface area contributed by atoms with E-state index in [9.17, 15) is 22.8 Å². The molecule has 0 unspecified atom stereocenters. The molecule has 0 amide bonds. The van der Waals surface area contributed by atoms with Gasteiger partial charge in [0.25, 0.3) is 0 Å². The van der Waals surface area contributed by atoms with Crippen molar-refractivity contribution in [2.75, 3.05) is 31.6 Å². The smallest absolute Gasteiger partial charge is 0.475 e. The minimum absolute atomic E-state index is 0.0671. The van der Waals surface area contributed by atoms with Crippen molar-refractivity contribution < 1.29 is 42.0 Å². The molecule has 0 saturated carbocycles. The van der Waals surface area contributed by atoms with Crippen LogP contribution in [-0.4, -0.2) is 90.0 Å². The molecule has 1 aromatic carbocycles. The normalized spacial score (nSPS) is 14.7. The Labute approximate surface area is 209 Å². The van der Waals surface area contributed by atoms with E-state index in [0.717, 1.165) is 13.1 Å². The number of aliphatic carboxylic acids is 1. The molecule has 3 heterocycles. The number of alkyl halides is 3. The summed E-state index contributed by atoms with van der Waals surface area (Å²) in [6.07, 6.45) is -5.08. The number of tetrazole rings is 1. The SMILES string of the molecule is O/N=C(/Nc1ccc(F)c(Cl)c1)c1nonc1Cn1nnc(CN2CCOCC2)n1.O=C(O)C(F)(F)F. The third-order valence-electron chi connectivity index (χ3n) is 4.56. The molecule has 37 heavy (non-hydrogen) atoms. The second-order valence-electron chi connectivity index (χ2n) is 7.19. The predicted octanol–water partition coefficient (Wildman–Crippen LogP) is 1.61. The van der Waals surface area contributed by atoms with Gasteiger partial charge in [-0.1, -0.05) is 21.9 Å². The van der Waals surface area contributed by atoms with Crippen LogP contribution in [0.3, 0.4) is 0 Å². The van der Waals surface area contributed by atoms with Crippen molar-refractivity contribution in [3.05, 3.63) is 46.3 Å². The minimum Gasteiger partial charge on any atom is -0.475 e. The number of carboxylic acid groups (broad SMARTS) is 1. The molecule has 1 fully saturated rings. The number of amidine groups is 1. The van der Waals surface area contributed by atoms with Crippen molar-refractivity contribution in [3.63, 3.8) is 0 Å². The number of benzene rings is 1. The Morgan fingerprint density at radius 2 is 1.92 bits per heavy atom. The van der Waals surface area contributed by atoms with Gasteiger partial charge in [0.05, 0.1) is 24.8 Å². The summed E-state index contributed by atoms with van der Waals surface area (Å²) in [5.74, 6) is -2.83. The zero-order valence-electron chi connectivity index (χ0n) is 18.6. The van der Waals surface area contributed by atoms with Crippen LogP contribution in [-0.2, 0) is 22.6 Å². The van der Waals surface area contributed by atoms with Crippen molar-refractivity contribution in [2.24, 2.45) is 5.16 Å². The molecule has 1 aliphatic rings. The zero-order chi connectivity index (χ0) is 27.0. The molecule has 200 valence electrons. The molecule has 1 aliphatic heterocycles. The predicted molar refractivity (Wildman–Crippen MR) is 114 cm³/mol. The summed E-state index contributed by atoms with van der Waals surface area (Å²) in [5, 5.41) is 42.4. The third-order valence-corrected chi connectivity index (χ3v) is 4.85. The lowest BCUT2D eigenvalue weighted by molar-refractivity contribution is -0.192. The summed E-state index contributed by atoms with van der Waals surface area (Å²) in [6.45, 7) is 3.61. The van der Waals surface area contributed by atoms with E-state index in [1.807, 2.05) is 0 Å². The standard InChI is InChI=1S/C16H17ClFN9O3.C2HF3O2/c17-11-7-10(1-2-12(11)18)19-16(22-28)15-13(23-30-24-15)8-27-21-14(20-25-27)9-26-3-5-29-6-4-26;3-2(4,5)1(6)7/h1-2,7,28H,3-6,8-9H2,(H,19,22);(H,6,7). The number of carbonyl (C=O) groups is 1. The van der Waals surface area contributed by atoms with Crippen LogP contribution in [0.1, 0.15) is 17.2 Å². The van der Waals surface area contributed by atoms with Gasteiger partial charge < -0.3 is 20.4 Å². The molecular formula is C18H18ClF4N9O5. The summed E-state index contributed by atoms with van der Waals surface area (Å²) < 4.78 is 55.2. The number of anilines is 1. The Bertz CT molecular complexity index is 1230. The number of aromatic nitrogens is 6. The monoisotopic (exact) mass is 551 g/mol. The van der Waals surface area contributed by atoms with Gasteiger partial charge >= 0.3 is 12.1 Å². The highest BCUT2D eigenvalue weighted by molar-refractivity contribution is 6.31. The second kappa shape index (κ2) is 12.4. The first kappa shape index (κ1) is 27.7. The molecule has 0 spiro atoms. The highest BCUT2D eigenvalue weighted by atomic mass is 35.5. The van der Waals surface area contributed by atoms with Gasteiger partial charge in [0.1, 0.15) is 18.1 Å². The first-order valence-corrected chi connectivity index (χ1v) is 10.6. The van der Waals surface area contributed by atoms with Crippen LogP contribution in [0.4, 0.5) is 23.2 Å². The van der Waals surface area contributed by atoms with Gasteiger partial charge in [0.15, 0.2) is 11.5 Å². The number of halogens is 5. The van der Waals surface area contributed by atoms with Crippen molar-refractivity contribution >= 4 is 29.1 Å². The average molecular weight is 552 g/mol. The molecule has 3 N–H and O–H groups in total. The molecule has 0 bridgehead atoms. The molecule has 14 nitrogen and oxygen atoms in total. The van der Waals surface area contributed by atoms with E-state index in [4.69, 9.17) is 30.9 Å². The van der Waals surface area contributed by atoms with E-state index >= 15 is 0 Å². The second-order valence-corrected chi connectivity index (χ2v) is 7.60. The Kier molecular flexibility index (Phi) is 9.25. The maximum atomic E-state index is 13.3. The van der Waals surface area contributed by atoms with E-state index in [1.165, 1.54) is 23.0 Å². The van der Waals surface area contributed by atoms with E-state index in [2.05, 4.69) is 41.1 Å². The van der Waals surface area contributed by atoms with Crippen LogP contribution in [0.2, 0.25) is 5.02 Å². The molecule has 19 heteroatoms. The molecule has 3 aromatic rings. The number of hydrogen-bond acceptors (Lipinski definition) is 11. The lowest BCUT2D eigenvalue weighted by atomic mass is 10.2. The van der Waals surface area contributed by atoms with E-state index in [-0.39, 0.29) is 23.1 Å². The van der Waals surface area contributed by atoms with E-state index in [1.54, 1.807) is 0 Å². The van der Waals surface area contributed by atoms with Crippen LogP contribution in [0.5, 0.6) is 0 Å². The highest BCUT2D eigenvalue weighted by Crippen LogP contribution is 2.20. The van der Waals surface area contributed by atoms with Gasteiger partial charge in [0, 0.05) is 18.8 Å². The number of oxime groups is 1. The third kappa shape index (κ3) is 8.05. The van der Waals surface area contributed by atoms with Gasteiger partial charge in [-0.15, -0.1) is 10.2 Å². The molecule has 4 rings (SSSR count). The first-order valence-electron chi connectivity index (χ1n) is 10.2. The zero-order valence-corrected chi connectivity index (χ0v) is 19.3. The number of nitrogens with zero attached hydrogens (tertiary/aromatic N) is 8. The molecule has 0 radical (unpaired) electrons. The lowest BCUT2D eigenvalue weighted by Crippen LogP contribution is -2.36.